The van der Waals surface area contributed by atoms with Gasteiger partial charge in [-0.2, -0.15) is 0 Å². The Labute approximate surface area is 249 Å². The van der Waals surface area contributed by atoms with E-state index in [1.807, 2.05) is 30.3 Å². The summed E-state index contributed by atoms with van der Waals surface area (Å²) in [7, 11) is -3.78. The van der Waals surface area contributed by atoms with Gasteiger partial charge in [0.05, 0.1) is 64.7 Å². The number of hydrogen-bond donors (Lipinski definition) is 1. The highest BCUT2D eigenvalue weighted by molar-refractivity contribution is 7.91. The summed E-state index contributed by atoms with van der Waals surface area (Å²) in [6.07, 6.45) is 1.90. The maximum atomic E-state index is 14.8. The normalized spacial score (nSPS) is 20.7. The van der Waals surface area contributed by atoms with E-state index in [-0.39, 0.29) is 47.2 Å². The number of carbonyl (C=O) groups is 1. The molecule has 43 heavy (non-hydrogen) atoms. The molecule has 0 bridgehead atoms. The van der Waals surface area contributed by atoms with Crippen molar-refractivity contribution in [3.63, 3.8) is 0 Å². The molecule has 1 aromatic carbocycles. The Balaban J connectivity index is 1.24. The zero-order valence-corrected chi connectivity index (χ0v) is 24.9. The summed E-state index contributed by atoms with van der Waals surface area (Å²) in [5, 5.41) is 3.62. The van der Waals surface area contributed by atoms with E-state index in [0.717, 1.165) is 36.1 Å². The minimum Gasteiger partial charge on any atom is -0.376 e. The van der Waals surface area contributed by atoms with E-state index in [9.17, 15) is 17.6 Å². The fraction of sp³-hybridized carbons (Fsp3) is 0.355. The number of amides is 1. The number of hydrogen-bond acceptors (Lipinski definition) is 9. The van der Waals surface area contributed by atoms with Crippen LogP contribution in [-0.2, 0) is 25.9 Å². The number of rotatable bonds is 5. The van der Waals surface area contributed by atoms with Crippen LogP contribution in [0, 0.1) is 5.82 Å². The monoisotopic (exact) mass is 605 g/mol. The lowest BCUT2D eigenvalue weighted by Crippen LogP contribution is -2.45. The van der Waals surface area contributed by atoms with Gasteiger partial charge in [-0.15, -0.1) is 0 Å². The number of carbonyl (C=O) groups excluding carboxylic acids is 1. The summed E-state index contributed by atoms with van der Waals surface area (Å²) in [6, 6.07) is 13.2. The van der Waals surface area contributed by atoms with Crippen LogP contribution in [0.3, 0.4) is 0 Å². The fourth-order valence-electron chi connectivity index (χ4n) is 5.49. The Hall–Kier alpha value is -4.00. The van der Waals surface area contributed by atoms with Crippen LogP contribution in [0.5, 0.6) is 0 Å². The molecule has 1 amide bonds. The predicted octanol–water partition coefficient (Wildman–Crippen LogP) is 4.24. The summed E-state index contributed by atoms with van der Waals surface area (Å²) in [4.78, 5) is 29.3. The summed E-state index contributed by atoms with van der Waals surface area (Å²) >= 11 is 0. The SMILES string of the molecule is C[C@@H]1CN(c2cccc(-c3ccc4cnc([C@H](C)NC(=O)c5cc(F)c6c(c5)S(=O)(=O)CCOC6)cc4n3)n2)C[C@H](C)O1. The van der Waals surface area contributed by atoms with E-state index < -0.39 is 27.6 Å². The first kappa shape index (κ1) is 29.1. The highest BCUT2D eigenvalue weighted by atomic mass is 32.2. The standard InChI is InChI=1S/C31H32FN5O5S/c1-18-15-37(16-19(2)42-18)30-6-4-5-25(36-30)26-8-7-21-14-33-27(13-28(21)35-26)20(3)34-31(38)22-11-24(32)23-17-41-9-10-43(39,40)29(23)12-22/h4-8,11-14,18-20H,9-10,15-17H2,1-3H3,(H,34,38)/t18-,19+,20-/m0/s1. The van der Waals surface area contributed by atoms with E-state index in [2.05, 4.69) is 29.0 Å². The number of anilines is 1. The number of sulfone groups is 1. The van der Waals surface area contributed by atoms with Gasteiger partial charge in [-0.25, -0.2) is 22.8 Å². The quantitative estimate of drug-likeness (QED) is 0.356. The van der Waals surface area contributed by atoms with Crippen LogP contribution in [0.25, 0.3) is 22.3 Å². The van der Waals surface area contributed by atoms with Crippen LogP contribution >= 0.6 is 0 Å². The second-order valence-electron chi connectivity index (χ2n) is 11.0. The third-order valence-corrected chi connectivity index (χ3v) is 9.36. The number of morpholine rings is 1. The lowest BCUT2D eigenvalue weighted by atomic mass is 10.1. The smallest absolute Gasteiger partial charge is 0.251 e. The second-order valence-corrected chi connectivity index (χ2v) is 13.1. The molecule has 0 spiro atoms. The number of halogens is 1. The molecule has 12 heteroatoms. The summed E-state index contributed by atoms with van der Waals surface area (Å²) < 4.78 is 51.2. The van der Waals surface area contributed by atoms with E-state index in [4.69, 9.17) is 19.4 Å². The van der Waals surface area contributed by atoms with E-state index in [1.165, 1.54) is 6.07 Å². The van der Waals surface area contributed by atoms with Crippen molar-refractivity contribution in [3.8, 4) is 11.4 Å². The van der Waals surface area contributed by atoms with Crippen LogP contribution in [0.4, 0.5) is 10.2 Å². The van der Waals surface area contributed by atoms with Crippen LogP contribution in [0.2, 0.25) is 0 Å². The molecule has 6 rings (SSSR count). The van der Waals surface area contributed by atoms with Crippen LogP contribution < -0.4 is 10.2 Å². The Morgan fingerprint density at radius 2 is 1.84 bits per heavy atom. The first-order valence-electron chi connectivity index (χ1n) is 14.2. The molecule has 224 valence electrons. The Kier molecular flexibility index (Phi) is 7.84. The van der Waals surface area contributed by atoms with E-state index >= 15 is 0 Å². The van der Waals surface area contributed by atoms with Gasteiger partial charge in [-0.05, 0) is 63.2 Å². The molecule has 2 aliphatic rings. The van der Waals surface area contributed by atoms with Gasteiger partial charge in [0.2, 0.25) is 0 Å². The minimum absolute atomic E-state index is 0.0354. The topological polar surface area (TPSA) is 124 Å². The van der Waals surface area contributed by atoms with Crippen molar-refractivity contribution in [1.29, 1.82) is 0 Å². The largest absolute Gasteiger partial charge is 0.376 e. The average Bonchev–Trinajstić information content (AvgIpc) is 3.14. The Bertz CT molecular complexity index is 1810. The molecule has 10 nitrogen and oxygen atoms in total. The molecular weight excluding hydrogens is 573 g/mol. The lowest BCUT2D eigenvalue weighted by molar-refractivity contribution is -0.00545. The van der Waals surface area contributed by atoms with E-state index in [0.29, 0.717) is 16.9 Å². The molecule has 4 aromatic rings. The predicted molar refractivity (Wildman–Crippen MR) is 159 cm³/mol. The van der Waals surface area contributed by atoms with Gasteiger partial charge in [0.15, 0.2) is 9.84 Å². The molecule has 3 aromatic heterocycles. The van der Waals surface area contributed by atoms with Crippen molar-refractivity contribution in [2.45, 2.75) is 50.5 Å². The lowest BCUT2D eigenvalue weighted by Gasteiger charge is -2.36. The maximum Gasteiger partial charge on any atom is 0.251 e. The summed E-state index contributed by atoms with van der Waals surface area (Å²) in [6.45, 7) is 7.17. The molecule has 5 heterocycles. The highest BCUT2D eigenvalue weighted by Crippen LogP contribution is 2.28. The molecule has 2 aliphatic heterocycles. The molecule has 0 unspecified atom stereocenters. The number of nitrogens with zero attached hydrogens (tertiary/aromatic N) is 4. The molecule has 0 radical (unpaired) electrons. The van der Waals surface area contributed by atoms with Gasteiger partial charge < -0.3 is 19.7 Å². The van der Waals surface area contributed by atoms with Gasteiger partial charge >= 0.3 is 0 Å². The van der Waals surface area contributed by atoms with Crippen LogP contribution in [-0.4, -0.2) is 66.9 Å². The van der Waals surface area contributed by atoms with Crippen LogP contribution in [0.15, 0.2) is 59.6 Å². The van der Waals surface area contributed by atoms with Gasteiger partial charge in [0.1, 0.15) is 11.6 Å². The second kappa shape index (κ2) is 11.6. The van der Waals surface area contributed by atoms with Crippen molar-refractivity contribution >= 4 is 32.5 Å². The summed E-state index contributed by atoms with van der Waals surface area (Å²) in [5.74, 6) is -0.826. The van der Waals surface area contributed by atoms with Crippen molar-refractivity contribution in [1.82, 2.24) is 20.3 Å². The Morgan fingerprint density at radius 3 is 2.63 bits per heavy atom. The Morgan fingerprint density at radius 1 is 1.07 bits per heavy atom. The molecule has 1 saturated heterocycles. The molecule has 0 aliphatic carbocycles. The number of benzene rings is 1. The third-order valence-electron chi connectivity index (χ3n) is 7.62. The number of aromatic nitrogens is 3. The molecule has 1 N–H and O–H groups in total. The zero-order chi connectivity index (χ0) is 30.3. The number of ether oxygens (including phenoxy) is 2. The number of pyridine rings is 3. The van der Waals surface area contributed by atoms with Gasteiger partial charge in [0, 0.05) is 35.8 Å². The number of nitrogens with one attached hydrogen (secondary N) is 1. The van der Waals surface area contributed by atoms with E-state index in [1.54, 1.807) is 19.2 Å². The van der Waals surface area contributed by atoms with Crippen molar-refractivity contribution in [2.24, 2.45) is 0 Å². The zero-order valence-electron chi connectivity index (χ0n) is 24.1. The first-order valence-corrected chi connectivity index (χ1v) is 15.8. The first-order chi connectivity index (χ1) is 20.6. The minimum atomic E-state index is -3.78. The third kappa shape index (κ3) is 6.08. The number of fused-ring (bicyclic) bond motifs is 2. The average molecular weight is 606 g/mol. The van der Waals surface area contributed by atoms with Crippen molar-refractivity contribution in [3.05, 3.63) is 77.4 Å². The van der Waals surface area contributed by atoms with Crippen molar-refractivity contribution in [2.75, 3.05) is 30.3 Å². The summed E-state index contributed by atoms with van der Waals surface area (Å²) in [5.41, 5.74) is 2.49. The van der Waals surface area contributed by atoms with Gasteiger partial charge in [-0.1, -0.05) is 6.07 Å². The van der Waals surface area contributed by atoms with Crippen LogP contribution in [0.1, 0.15) is 48.4 Å². The highest BCUT2D eigenvalue weighted by Gasteiger charge is 2.28. The maximum absolute atomic E-state index is 14.8. The van der Waals surface area contributed by atoms with Gasteiger partial charge in [0.25, 0.3) is 5.91 Å². The molecular formula is C31H32FN5O5S. The molecule has 0 saturated carbocycles. The van der Waals surface area contributed by atoms with Gasteiger partial charge in [-0.3, -0.25) is 9.78 Å². The molecule has 3 atom stereocenters. The molecule has 1 fully saturated rings. The fourth-order valence-corrected chi connectivity index (χ4v) is 6.88. The van der Waals surface area contributed by atoms with Crippen molar-refractivity contribution < 1.29 is 27.1 Å².